The van der Waals surface area contributed by atoms with Crippen molar-refractivity contribution >= 4 is 10.2 Å². The zero-order valence-electron chi connectivity index (χ0n) is 7.56. The van der Waals surface area contributed by atoms with Crippen LogP contribution >= 0.6 is 0 Å². The van der Waals surface area contributed by atoms with Gasteiger partial charge in [0.25, 0.3) is 10.2 Å². The highest BCUT2D eigenvalue weighted by Crippen LogP contribution is 2.01. The molecule has 0 saturated carbocycles. The zero-order valence-corrected chi connectivity index (χ0v) is 8.38. The van der Waals surface area contributed by atoms with Gasteiger partial charge in [-0.1, -0.05) is 0 Å². The van der Waals surface area contributed by atoms with E-state index in [1.165, 1.54) is 0 Å². The fourth-order valence-electron chi connectivity index (χ4n) is 1.20. The van der Waals surface area contributed by atoms with Gasteiger partial charge in [-0.05, 0) is 7.05 Å². The first kappa shape index (κ1) is 10.9. The first-order chi connectivity index (χ1) is 5.97. The second-order valence-electron chi connectivity index (χ2n) is 3.15. The molecule has 0 amide bonds. The highest BCUT2D eigenvalue weighted by Gasteiger charge is 2.18. The number of rotatable bonds is 3. The maximum Gasteiger partial charge on any atom is 0.274 e. The van der Waals surface area contributed by atoms with E-state index in [0.717, 1.165) is 13.1 Å². The molecule has 1 rings (SSSR count). The summed E-state index contributed by atoms with van der Waals surface area (Å²) in [5.41, 5.74) is 0. The number of ether oxygens (including phenoxy) is 1. The van der Waals surface area contributed by atoms with E-state index in [1.54, 1.807) is 0 Å². The predicted octanol–water partition coefficient (Wildman–Crippen LogP) is -1.89. The van der Waals surface area contributed by atoms with Gasteiger partial charge < -0.3 is 9.64 Å². The van der Waals surface area contributed by atoms with Crippen molar-refractivity contribution in [3.8, 4) is 0 Å². The van der Waals surface area contributed by atoms with E-state index in [4.69, 9.17) is 9.88 Å². The van der Waals surface area contributed by atoms with E-state index in [2.05, 4.69) is 9.62 Å². The van der Waals surface area contributed by atoms with Gasteiger partial charge in [0.2, 0.25) is 0 Å². The first-order valence-corrected chi connectivity index (χ1v) is 5.59. The van der Waals surface area contributed by atoms with Gasteiger partial charge in [-0.15, -0.1) is 0 Å². The maximum absolute atomic E-state index is 10.6. The third kappa shape index (κ3) is 4.53. The minimum absolute atomic E-state index is 0.0999. The lowest BCUT2D eigenvalue weighted by atomic mass is 10.3. The molecule has 1 unspecified atom stereocenters. The molecule has 78 valence electrons. The molecule has 3 N–H and O–H groups in total. The number of morpholine rings is 1. The van der Waals surface area contributed by atoms with Crippen molar-refractivity contribution < 1.29 is 13.2 Å². The monoisotopic (exact) mass is 209 g/mol. The lowest BCUT2D eigenvalue weighted by Crippen LogP contribution is -2.47. The Morgan fingerprint density at radius 3 is 2.92 bits per heavy atom. The molecule has 1 aliphatic rings. The van der Waals surface area contributed by atoms with E-state index >= 15 is 0 Å². The molecule has 7 heteroatoms. The fraction of sp³-hybridized carbons (Fsp3) is 1.00. The van der Waals surface area contributed by atoms with Gasteiger partial charge in [0.1, 0.15) is 0 Å². The Labute approximate surface area is 78.2 Å². The normalized spacial score (nSPS) is 26.2. The Balaban J connectivity index is 2.29. The van der Waals surface area contributed by atoms with E-state index in [9.17, 15) is 8.42 Å². The van der Waals surface area contributed by atoms with Crippen molar-refractivity contribution in [3.63, 3.8) is 0 Å². The second kappa shape index (κ2) is 4.34. The van der Waals surface area contributed by atoms with Crippen LogP contribution in [0.5, 0.6) is 0 Å². The van der Waals surface area contributed by atoms with Crippen LogP contribution in [0.3, 0.4) is 0 Å². The van der Waals surface area contributed by atoms with Gasteiger partial charge in [0.15, 0.2) is 0 Å². The van der Waals surface area contributed by atoms with Crippen molar-refractivity contribution in [2.45, 2.75) is 6.10 Å². The Hall–Kier alpha value is -0.210. The predicted molar refractivity (Wildman–Crippen MR) is 48.3 cm³/mol. The SMILES string of the molecule is CN1CCOC(CNS(N)(=O)=O)C1. The van der Waals surface area contributed by atoms with Crippen molar-refractivity contribution in [2.24, 2.45) is 5.14 Å². The van der Waals surface area contributed by atoms with Crippen LogP contribution in [0.25, 0.3) is 0 Å². The smallest absolute Gasteiger partial charge is 0.274 e. The van der Waals surface area contributed by atoms with Crippen LogP contribution in [-0.4, -0.2) is 52.7 Å². The van der Waals surface area contributed by atoms with Crippen molar-refractivity contribution in [3.05, 3.63) is 0 Å². The van der Waals surface area contributed by atoms with Crippen LogP contribution < -0.4 is 9.86 Å². The lowest BCUT2D eigenvalue weighted by Gasteiger charge is -2.29. The van der Waals surface area contributed by atoms with Gasteiger partial charge in [-0.3, -0.25) is 0 Å². The summed E-state index contributed by atoms with van der Waals surface area (Å²) in [6, 6.07) is 0. The Morgan fingerprint density at radius 2 is 2.38 bits per heavy atom. The maximum atomic E-state index is 10.6. The van der Waals surface area contributed by atoms with E-state index in [-0.39, 0.29) is 12.6 Å². The Bertz CT molecular complexity index is 254. The number of nitrogens with zero attached hydrogens (tertiary/aromatic N) is 1. The average molecular weight is 209 g/mol. The number of likely N-dealkylation sites (N-methyl/N-ethyl adjacent to an activating group) is 1. The first-order valence-electron chi connectivity index (χ1n) is 4.05. The van der Waals surface area contributed by atoms with Gasteiger partial charge >= 0.3 is 0 Å². The number of nitrogens with two attached hydrogens (primary N) is 1. The minimum Gasteiger partial charge on any atom is -0.374 e. The highest BCUT2D eigenvalue weighted by molar-refractivity contribution is 7.87. The van der Waals surface area contributed by atoms with Crippen LogP contribution in [0.2, 0.25) is 0 Å². The Morgan fingerprint density at radius 1 is 1.69 bits per heavy atom. The second-order valence-corrected chi connectivity index (χ2v) is 4.53. The number of hydrogen-bond donors (Lipinski definition) is 2. The largest absolute Gasteiger partial charge is 0.374 e. The Kier molecular flexibility index (Phi) is 3.63. The van der Waals surface area contributed by atoms with E-state index in [1.807, 2.05) is 7.05 Å². The summed E-state index contributed by atoms with van der Waals surface area (Å²) < 4.78 is 28.6. The molecule has 1 saturated heterocycles. The summed E-state index contributed by atoms with van der Waals surface area (Å²) in [6.45, 7) is 2.48. The van der Waals surface area contributed by atoms with Crippen molar-refractivity contribution in [1.82, 2.24) is 9.62 Å². The molecule has 0 radical (unpaired) electrons. The van der Waals surface area contributed by atoms with Crippen LogP contribution in [0.4, 0.5) is 0 Å². The molecule has 1 heterocycles. The summed E-state index contributed by atoms with van der Waals surface area (Å²) in [4.78, 5) is 2.08. The quantitative estimate of drug-likeness (QED) is 0.569. The molecule has 6 nitrogen and oxygen atoms in total. The number of hydrogen-bond acceptors (Lipinski definition) is 4. The zero-order chi connectivity index (χ0) is 9.90. The molecular formula is C6H15N3O3S. The molecule has 0 aromatic carbocycles. The lowest BCUT2D eigenvalue weighted by molar-refractivity contribution is -0.0156. The minimum atomic E-state index is -3.59. The summed E-state index contributed by atoms with van der Waals surface area (Å²) in [7, 11) is -1.62. The summed E-state index contributed by atoms with van der Waals surface area (Å²) >= 11 is 0. The fourth-order valence-corrected chi connectivity index (χ4v) is 1.62. The van der Waals surface area contributed by atoms with Crippen molar-refractivity contribution in [1.29, 1.82) is 0 Å². The van der Waals surface area contributed by atoms with Gasteiger partial charge in [0, 0.05) is 19.6 Å². The molecule has 1 atom stereocenters. The van der Waals surface area contributed by atoms with Crippen LogP contribution in [0.15, 0.2) is 0 Å². The highest BCUT2D eigenvalue weighted by atomic mass is 32.2. The summed E-state index contributed by atoms with van der Waals surface area (Å²) in [5, 5.41) is 4.78. The number of nitrogens with one attached hydrogen (secondary N) is 1. The molecule has 0 aromatic rings. The van der Waals surface area contributed by atoms with Gasteiger partial charge in [0.05, 0.1) is 12.7 Å². The molecule has 0 spiro atoms. The average Bonchev–Trinajstić information content (AvgIpc) is 2.00. The molecule has 1 fully saturated rings. The van der Waals surface area contributed by atoms with Crippen LogP contribution in [0.1, 0.15) is 0 Å². The molecule has 0 aliphatic carbocycles. The third-order valence-electron chi connectivity index (χ3n) is 1.85. The summed E-state index contributed by atoms with van der Waals surface area (Å²) in [6.07, 6.45) is -0.0999. The summed E-state index contributed by atoms with van der Waals surface area (Å²) in [5.74, 6) is 0. The molecule has 0 aromatic heterocycles. The van der Waals surface area contributed by atoms with E-state index < -0.39 is 10.2 Å². The standard InChI is InChI=1S/C6H15N3O3S/c1-9-2-3-12-6(5-9)4-8-13(7,10)11/h6,8H,2-5H2,1H3,(H2,7,10,11). The third-order valence-corrected chi connectivity index (χ3v) is 2.42. The van der Waals surface area contributed by atoms with Crippen LogP contribution in [-0.2, 0) is 14.9 Å². The van der Waals surface area contributed by atoms with Gasteiger partial charge in [-0.2, -0.15) is 13.1 Å². The topological polar surface area (TPSA) is 84.7 Å². The molecule has 1 aliphatic heterocycles. The molecular weight excluding hydrogens is 194 g/mol. The molecule has 0 bridgehead atoms. The van der Waals surface area contributed by atoms with Gasteiger partial charge in [-0.25, -0.2) is 5.14 Å². The van der Waals surface area contributed by atoms with E-state index in [0.29, 0.717) is 6.61 Å². The van der Waals surface area contributed by atoms with Crippen molar-refractivity contribution in [2.75, 3.05) is 33.3 Å². The van der Waals surface area contributed by atoms with Crippen LogP contribution in [0, 0.1) is 0 Å². The molecule has 13 heavy (non-hydrogen) atoms.